The van der Waals surface area contributed by atoms with E-state index in [4.69, 9.17) is 35.3 Å². The Morgan fingerprint density at radius 3 is 2.44 bits per heavy atom. The number of hydrogen-bond donors (Lipinski definition) is 2. The molecule has 11 heteroatoms. The molecule has 4 aromatic rings. The molecule has 2 N–H and O–H groups in total. The van der Waals surface area contributed by atoms with Crippen LogP contribution in [0, 0.1) is 13.8 Å². The maximum absolute atomic E-state index is 12.4. The molecule has 0 aliphatic heterocycles. The normalized spacial score (nSPS) is 11.0. The van der Waals surface area contributed by atoms with E-state index >= 15 is 0 Å². The van der Waals surface area contributed by atoms with Gasteiger partial charge in [-0.3, -0.25) is 4.79 Å². The van der Waals surface area contributed by atoms with Gasteiger partial charge in [0.05, 0.1) is 18.3 Å². The van der Waals surface area contributed by atoms with E-state index in [0.29, 0.717) is 17.1 Å². The number of nitrogens with one attached hydrogen (secondary N) is 1. The number of halogens is 1. The zero-order chi connectivity index (χ0) is 27.9. The second kappa shape index (κ2) is 12.2. The first-order valence-electron chi connectivity index (χ1n) is 11.8. The fraction of sp³-hybridized carbons (Fsp3) is 0.179. The highest BCUT2D eigenvalue weighted by atomic mass is 35.5. The van der Waals surface area contributed by atoms with Gasteiger partial charge in [0.2, 0.25) is 0 Å². The van der Waals surface area contributed by atoms with Crippen molar-refractivity contribution in [3.8, 4) is 22.9 Å². The Labute approximate surface area is 229 Å². The zero-order valence-corrected chi connectivity index (χ0v) is 22.2. The van der Waals surface area contributed by atoms with Gasteiger partial charge in [0.25, 0.3) is 0 Å². The number of aliphatic carboxylic acids is 1. The third-order valence-electron chi connectivity index (χ3n) is 5.60. The first-order valence-corrected chi connectivity index (χ1v) is 12.2. The number of aromatic nitrogens is 1. The number of amides is 1. The minimum Gasteiger partial charge on any atom is -0.493 e. The highest BCUT2D eigenvalue weighted by molar-refractivity contribution is 6.32. The summed E-state index contributed by atoms with van der Waals surface area (Å²) in [6.07, 6.45) is 1.35. The van der Waals surface area contributed by atoms with E-state index in [-0.39, 0.29) is 28.9 Å². The van der Waals surface area contributed by atoms with Crippen molar-refractivity contribution in [2.75, 3.05) is 13.7 Å². The molecule has 0 saturated heterocycles. The molecule has 0 fully saturated rings. The van der Waals surface area contributed by atoms with Crippen LogP contribution in [0.2, 0.25) is 5.02 Å². The number of benzene rings is 2. The Kier molecular flexibility index (Phi) is 8.57. The zero-order valence-electron chi connectivity index (χ0n) is 21.4. The lowest BCUT2D eigenvalue weighted by Crippen LogP contribution is -2.16. The second-order valence-electron chi connectivity index (χ2n) is 8.42. The van der Waals surface area contributed by atoms with Crippen molar-refractivity contribution in [2.45, 2.75) is 20.5 Å². The first kappa shape index (κ1) is 27.3. The quantitative estimate of drug-likeness (QED) is 0.195. The van der Waals surface area contributed by atoms with Crippen LogP contribution in [0.5, 0.6) is 17.2 Å². The monoisotopic (exact) mass is 551 g/mol. The molecule has 0 bridgehead atoms. The van der Waals surface area contributed by atoms with Crippen LogP contribution < -0.4 is 19.6 Å². The van der Waals surface area contributed by atoms with Crippen LogP contribution in [-0.4, -0.2) is 41.5 Å². The average molecular weight is 552 g/mol. The number of hydrogen-bond acceptors (Lipinski definition) is 7. The smallest absolute Gasteiger partial charge is 0.341 e. The summed E-state index contributed by atoms with van der Waals surface area (Å²) in [6, 6.07) is 18.1. The van der Waals surface area contributed by atoms with Gasteiger partial charge in [0.15, 0.2) is 23.9 Å². The maximum atomic E-state index is 12.4. The predicted octanol–water partition coefficient (Wildman–Crippen LogP) is 5.16. The molecule has 0 unspecified atom stereocenters. The SMILES string of the molecule is COc1cc(/C=N/NC(=O)c2ccc(COc3ccc(-n4c(C)ccc4C)cc3)o2)cc(Cl)c1OCC(=O)O. The summed E-state index contributed by atoms with van der Waals surface area (Å²) >= 11 is 6.18. The van der Waals surface area contributed by atoms with Crippen molar-refractivity contribution in [3.63, 3.8) is 0 Å². The number of nitrogens with zero attached hydrogens (tertiary/aromatic N) is 2. The van der Waals surface area contributed by atoms with Crippen LogP contribution in [0.4, 0.5) is 0 Å². The van der Waals surface area contributed by atoms with Crippen molar-refractivity contribution < 1.29 is 33.3 Å². The third-order valence-corrected chi connectivity index (χ3v) is 5.88. The lowest BCUT2D eigenvalue weighted by Gasteiger charge is -2.11. The fourth-order valence-electron chi connectivity index (χ4n) is 3.81. The minimum absolute atomic E-state index is 0.0627. The molecule has 39 heavy (non-hydrogen) atoms. The number of ether oxygens (including phenoxy) is 3. The molecule has 0 saturated carbocycles. The number of carbonyl (C=O) groups is 2. The number of carbonyl (C=O) groups excluding carboxylic acids is 1. The van der Waals surface area contributed by atoms with Gasteiger partial charge in [-0.1, -0.05) is 11.6 Å². The maximum Gasteiger partial charge on any atom is 0.341 e. The molecular formula is C28H26ClN3O7. The van der Waals surface area contributed by atoms with Gasteiger partial charge in [-0.05, 0) is 80.1 Å². The van der Waals surface area contributed by atoms with Crippen molar-refractivity contribution in [3.05, 3.63) is 94.2 Å². The van der Waals surface area contributed by atoms with Crippen LogP contribution in [0.1, 0.15) is 33.3 Å². The Hall–Kier alpha value is -4.70. The first-order chi connectivity index (χ1) is 18.7. The Bertz CT molecular complexity index is 1490. The van der Waals surface area contributed by atoms with E-state index in [1.807, 2.05) is 24.3 Å². The van der Waals surface area contributed by atoms with Crippen LogP contribution in [0.25, 0.3) is 5.69 Å². The Morgan fingerprint density at radius 1 is 1.05 bits per heavy atom. The molecule has 0 aliphatic carbocycles. The van der Waals surface area contributed by atoms with E-state index < -0.39 is 18.5 Å². The topological polar surface area (TPSA) is 125 Å². The molecule has 4 rings (SSSR count). The number of aryl methyl sites for hydroxylation is 2. The summed E-state index contributed by atoms with van der Waals surface area (Å²) in [5.74, 6) is -0.194. The number of rotatable bonds is 11. The van der Waals surface area contributed by atoms with E-state index in [0.717, 1.165) is 17.1 Å². The van der Waals surface area contributed by atoms with Gasteiger partial charge in [-0.25, -0.2) is 10.2 Å². The molecule has 2 aromatic heterocycles. The van der Waals surface area contributed by atoms with E-state index in [2.05, 4.69) is 41.1 Å². The molecule has 0 aliphatic rings. The molecule has 202 valence electrons. The minimum atomic E-state index is -1.15. The van der Waals surface area contributed by atoms with Crippen LogP contribution in [-0.2, 0) is 11.4 Å². The summed E-state index contributed by atoms with van der Waals surface area (Å²) in [5.41, 5.74) is 6.21. The largest absolute Gasteiger partial charge is 0.493 e. The molecule has 2 heterocycles. The highest BCUT2D eigenvalue weighted by Crippen LogP contribution is 2.36. The van der Waals surface area contributed by atoms with Gasteiger partial charge in [0.1, 0.15) is 18.1 Å². The molecule has 2 aromatic carbocycles. The van der Waals surface area contributed by atoms with Gasteiger partial charge >= 0.3 is 11.9 Å². The number of carboxylic acids is 1. The fourth-order valence-corrected chi connectivity index (χ4v) is 4.08. The molecular weight excluding hydrogens is 526 g/mol. The van der Waals surface area contributed by atoms with Crippen molar-refractivity contribution in [1.29, 1.82) is 0 Å². The van der Waals surface area contributed by atoms with Gasteiger partial charge in [-0.15, -0.1) is 0 Å². The standard InChI is InChI=1S/C28H26ClN3O7/c1-17-4-5-18(2)32(17)20-6-8-21(9-7-20)37-15-22-10-11-24(39-22)28(35)31-30-14-19-12-23(29)27(25(13-19)36-3)38-16-26(33)34/h4-14H,15-16H2,1-3H3,(H,31,35)(H,33,34)/b30-14+. The highest BCUT2D eigenvalue weighted by Gasteiger charge is 2.14. The summed E-state index contributed by atoms with van der Waals surface area (Å²) in [5, 5.41) is 12.8. The van der Waals surface area contributed by atoms with E-state index in [9.17, 15) is 9.59 Å². The number of hydrazone groups is 1. The summed E-state index contributed by atoms with van der Waals surface area (Å²) < 4.78 is 23.9. The van der Waals surface area contributed by atoms with Crippen molar-refractivity contribution >= 4 is 29.7 Å². The average Bonchev–Trinajstić information content (AvgIpc) is 3.53. The Morgan fingerprint density at radius 2 is 1.77 bits per heavy atom. The molecule has 10 nitrogen and oxygen atoms in total. The Balaban J connectivity index is 1.32. The number of methoxy groups -OCH3 is 1. The summed E-state index contributed by atoms with van der Waals surface area (Å²) in [4.78, 5) is 23.2. The van der Waals surface area contributed by atoms with Gasteiger partial charge in [0, 0.05) is 17.1 Å². The lowest BCUT2D eigenvalue weighted by atomic mass is 10.2. The van der Waals surface area contributed by atoms with Crippen LogP contribution >= 0.6 is 11.6 Å². The second-order valence-corrected chi connectivity index (χ2v) is 8.82. The molecule has 0 radical (unpaired) electrons. The molecule has 0 atom stereocenters. The number of furan rings is 1. The summed E-state index contributed by atoms with van der Waals surface area (Å²) in [6.45, 7) is 3.68. The van der Waals surface area contributed by atoms with Crippen molar-refractivity contribution in [2.24, 2.45) is 5.10 Å². The predicted molar refractivity (Wildman–Crippen MR) is 144 cm³/mol. The van der Waals surface area contributed by atoms with Gasteiger partial charge < -0.3 is 28.3 Å². The summed E-state index contributed by atoms with van der Waals surface area (Å²) in [7, 11) is 1.39. The third kappa shape index (κ3) is 6.79. The lowest BCUT2D eigenvalue weighted by molar-refractivity contribution is -0.139. The van der Waals surface area contributed by atoms with E-state index in [1.54, 1.807) is 6.07 Å². The van der Waals surface area contributed by atoms with Crippen molar-refractivity contribution in [1.82, 2.24) is 9.99 Å². The van der Waals surface area contributed by atoms with Crippen LogP contribution in [0.15, 0.2) is 70.2 Å². The molecule has 0 spiro atoms. The van der Waals surface area contributed by atoms with Gasteiger partial charge in [-0.2, -0.15) is 5.10 Å². The van der Waals surface area contributed by atoms with E-state index in [1.165, 1.54) is 31.5 Å². The van der Waals surface area contributed by atoms with Crippen LogP contribution in [0.3, 0.4) is 0 Å². The molecule has 1 amide bonds. The number of carboxylic acid groups (broad SMARTS) is 1.